The van der Waals surface area contributed by atoms with Crippen LogP contribution < -0.4 is 4.90 Å². The van der Waals surface area contributed by atoms with E-state index in [1.165, 1.54) is 31.6 Å². The zero-order valence-electron chi connectivity index (χ0n) is 12.1. The highest BCUT2D eigenvalue weighted by molar-refractivity contribution is 9.10. The number of fused-ring (bicyclic) bond motifs is 1. The lowest BCUT2D eigenvalue weighted by Gasteiger charge is -2.47. The van der Waals surface area contributed by atoms with Crippen molar-refractivity contribution in [1.82, 2.24) is 4.90 Å². The Labute approximate surface area is 135 Å². The molecule has 2 nitrogen and oxygen atoms in total. The highest BCUT2D eigenvalue weighted by Crippen LogP contribution is 2.34. The number of hydrogen-bond donors (Lipinski definition) is 0. The second kappa shape index (κ2) is 5.86. The van der Waals surface area contributed by atoms with E-state index in [1.54, 1.807) is 0 Å². The molecular weight excluding hydrogens is 336 g/mol. The Bertz CT molecular complexity index is 491. The van der Waals surface area contributed by atoms with Crippen molar-refractivity contribution in [2.24, 2.45) is 5.92 Å². The molecule has 2 atom stereocenters. The number of nitrogens with zero attached hydrogens (tertiary/aromatic N) is 2. The van der Waals surface area contributed by atoms with Crippen molar-refractivity contribution in [2.75, 3.05) is 24.5 Å². The summed E-state index contributed by atoms with van der Waals surface area (Å²) in [5.41, 5.74) is 1.30. The summed E-state index contributed by atoms with van der Waals surface area (Å²) in [6.07, 6.45) is 2.70. The zero-order valence-corrected chi connectivity index (χ0v) is 14.5. The van der Waals surface area contributed by atoms with Crippen LogP contribution in [0, 0.1) is 5.92 Å². The molecule has 3 rings (SSSR count). The summed E-state index contributed by atoms with van der Waals surface area (Å²) in [6, 6.07) is 7.66. The Morgan fingerprint density at radius 3 is 2.80 bits per heavy atom. The molecule has 20 heavy (non-hydrogen) atoms. The normalized spacial score (nSPS) is 27.1. The fourth-order valence-electron chi connectivity index (χ4n) is 3.57. The van der Waals surface area contributed by atoms with Crippen molar-refractivity contribution >= 4 is 33.2 Å². The fraction of sp³-hybridized carbons (Fsp3) is 0.625. The summed E-state index contributed by atoms with van der Waals surface area (Å²) in [6.45, 7) is 8.30. The Morgan fingerprint density at radius 2 is 2.10 bits per heavy atom. The van der Waals surface area contributed by atoms with Gasteiger partial charge < -0.3 is 4.90 Å². The van der Waals surface area contributed by atoms with E-state index in [0.29, 0.717) is 12.0 Å². The minimum absolute atomic E-state index is 0.595. The van der Waals surface area contributed by atoms with Gasteiger partial charge >= 0.3 is 0 Å². The quantitative estimate of drug-likeness (QED) is 0.773. The molecule has 2 saturated heterocycles. The molecule has 0 N–H and O–H groups in total. The Kier molecular flexibility index (Phi) is 4.30. The van der Waals surface area contributed by atoms with E-state index < -0.39 is 0 Å². The van der Waals surface area contributed by atoms with Crippen LogP contribution in [0.3, 0.4) is 0 Å². The van der Waals surface area contributed by atoms with Gasteiger partial charge in [-0.15, -0.1) is 0 Å². The molecule has 1 aromatic carbocycles. The van der Waals surface area contributed by atoms with E-state index in [9.17, 15) is 0 Å². The van der Waals surface area contributed by atoms with E-state index >= 15 is 0 Å². The van der Waals surface area contributed by atoms with Gasteiger partial charge in [0.15, 0.2) is 0 Å². The maximum Gasteiger partial charge on any atom is 0.0549 e. The second-order valence-corrected chi connectivity index (χ2v) is 7.61. The van der Waals surface area contributed by atoms with E-state index in [0.717, 1.165) is 22.1 Å². The molecule has 2 unspecified atom stereocenters. The van der Waals surface area contributed by atoms with Gasteiger partial charge in [-0.25, -0.2) is 0 Å². The lowest BCUT2D eigenvalue weighted by atomic mass is 9.96. The van der Waals surface area contributed by atoms with Crippen molar-refractivity contribution in [3.05, 3.63) is 27.7 Å². The topological polar surface area (TPSA) is 6.48 Å². The average Bonchev–Trinajstić information content (AvgIpc) is 2.87. The van der Waals surface area contributed by atoms with Crippen LogP contribution in [0.1, 0.15) is 26.7 Å². The molecule has 1 aromatic rings. The number of piperazine rings is 1. The van der Waals surface area contributed by atoms with Crippen molar-refractivity contribution < 1.29 is 0 Å². The number of rotatable bonds is 2. The average molecular weight is 358 g/mol. The standard InChI is InChI=1S/C16H22BrClN2/c1-11(2)16-10-19-7-3-4-13(19)9-20(16)12-5-6-15(18)14(17)8-12/h5-6,8,11,13,16H,3-4,7,9-10H2,1-2H3. The lowest BCUT2D eigenvalue weighted by molar-refractivity contribution is 0.176. The van der Waals surface area contributed by atoms with Crippen molar-refractivity contribution in [3.63, 3.8) is 0 Å². The first-order valence-electron chi connectivity index (χ1n) is 7.52. The number of anilines is 1. The number of halogens is 2. The fourth-order valence-corrected chi connectivity index (χ4v) is 4.06. The molecule has 0 bridgehead atoms. The molecule has 0 spiro atoms. The van der Waals surface area contributed by atoms with Gasteiger partial charge in [0, 0.05) is 35.3 Å². The van der Waals surface area contributed by atoms with Gasteiger partial charge in [0.05, 0.1) is 5.02 Å². The smallest absolute Gasteiger partial charge is 0.0549 e. The van der Waals surface area contributed by atoms with E-state index in [1.807, 2.05) is 6.07 Å². The molecule has 0 aliphatic carbocycles. The molecule has 0 amide bonds. The Hall–Kier alpha value is -0.250. The molecule has 2 aliphatic rings. The first-order chi connectivity index (χ1) is 9.56. The van der Waals surface area contributed by atoms with E-state index in [-0.39, 0.29) is 0 Å². The van der Waals surface area contributed by atoms with E-state index in [2.05, 4.69) is 51.7 Å². The number of benzene rings is 1. The second-order valence-electron chi connectivity index (χ2n) is 6.35. The van der Waals surface area contributed by atoms with Gasteiger partial charge in [0.2, 0.25) is 0 Å². The van der Waals surface area contributed by atoms with Gasteiger partial charge in [-0.3, -0.25) is 4.90 Å². The molecule has 0 aromatic heterocycles. The molecule has 0 radical (unpaired) electrons. The molecule has 0 saturated carbocycles. The maximum atomic E-state index is 6.13. The van der Waals surface area contributed by atoms with Gasteiger partial charge in [-0.2, -0.15) is 0 Å². The van der Waals surface area contributed by atoms with Gasteiger partial charge in [0.25, 0.3) is 0 Å². The molecule has 2 aliphatic heterocycles. The third-order valence-electron chi connectivity index (χ3n) is 4.73. The highest BCUT2D eigenvalue weighted by atomic mass is 79.9. The summed E-state index contributed by atoms with van der Waals surface area (Å²) in [4.78, 5) is 5.28. The van der Waals surface area contributed by atoms with Crippen LogP contribution in [0.5, 0.6) is 0 Å². The van der Waals surface area contributed by atoms with Gasteiger partial charge in [-0.05, 0) is 59.4 Å². The summed E-state index contributed by atoms with van der Waals surface area (Å²) >= 11 is 9.69. The highest BCUT2D eigenvalue weighted by Gasteiger charge is 2.37. The van der Waals surface area contributed by atoms with Crippen LogP contribution in [0.15, 0.2) is 22.7 Å². The Morgan fingerprint density at radius 1 is 1.30 bits per heavy atom. The predicted octanol–water partition coefficient (Wildman–Crippen LogP) is 4.41. The van der Waals surface area contributed by atoms with Crippen LogP contribution in [-0.4, -0.2) is 36.6 Å². The summed E-state index contributed by atoms with van der Waals surface area (Å²) < 4.78 is 0.994. The van der Waals surface area contributed by atoms with Crippen molar-refractivity contribution in [1.29, 1.82) is 0 Å². The van der Waals surface area contributed by atoms with Gasteiger partial charge in [-0.1, -0.05) is 25.4 Å². The Balaban J connectivity index is 1.89. The van der Waals surface area contributed by atoms with E-state index in [4.69, 9.17) is 11.6 Å². The molecule has 2 heterocycles. The first kappa shape index (κ1) is 14.7. The summed E-state index contributed by atoms with van der Waals surface area (Å²) in [5.74, 6) is 0.658. The minimum atomic E-state index is 0.595. The van der Waals surface area contributed by atoms with Crippen LogP contribution in [0.4, 0.5) is 5.69 Å². The molecular formula is C16H22BrClN2. The molecule has 4 heteroatoms. The SMILES string of the molecule is CC(C)C1CN2CCCC2CN1c1ccc(Cl)c(Br)c1. The van der Waals surface area contributed by atoms with Crippen LogP contribution in [0.25, 0.3) is 0 Å². The lowest BCUT2D eigenvalue weighted by Crippen LogP contribution is -2.58. The molecule has 2 fully saturated rings. The first-order valence-corrected chi connectivity index (χ1v) is 8.69. The van der Waals surface area contributed by atoms with Crippen molar-refractivity contribution in [2.45, 2.75) is 38.8 Å². The van der Waals surface area contributed by atoms with Crippen LogP contribution >= 0.6 is 27.5 Å². The molecule has 110 valence electrons. The van der Waals surface area contributed by atoms with Crippen LogP contribution in [0.2, 0.25) is 5.02 Å². The van der Waals surface area contributed by atoms with Crippen LogP contribution in [-0.2, 0) is 0 Å². The third-order valence-corrected chi connectivity index (χ3v) is 5.95. The monoisotopic (exact) mass is 356 g/mol. The third kappa shape index (κ3) is 2.72. The zero-order chi connectivity index (χ0) is 14.3. The summed E-state index contributed by atoms with van der Waals surface area (Å²) in [5, 5.41) is 0.786. The number of hydrogen-bond acceptors (Lipinski definition) is 2. The van der Waals surface area contributed by atoms with Gasteiger partial charge in [0.1, 0.15) is 0 Å². The largest absolute Gasteiger partial charge is 0.365 e. The van der Waals surface area contributed by atoms with Crippen molar-refractivity contribution in [3.8, 4) is 0 Å². The maximum absolute atomic E-state index is 6.13. The summed E-state index contributed by atoms with van der Waals surface area (Å²) in [7, 11) is 0. The minimum Gasteiger partial charge on any atom is -0.365 e. The predicted molar refractivity (Wildman–Crippen MR) is 89.7 cm³/mol.